The van der Waals surface area contributed by atoms with E-state index in [9.17, 15) is 4.79 Å². The molecule has 0 bridgehead atoms. The van der Waals surface area contributed by atoms with Crippen LogP contribution in [0.3, 0.4) is 0 Å². The summed E-state index contributed by atoms with van der Waals surface area (Å²) in [6.07, 6.45) is 5.88. The molecule has 3 fully saturated rings. The first kappa shape index (κ1) is 24.7. The fourth-order valence-corrected chi connectivity index (χ4v) is 6.65. The molecule has 9 nitrogen and oxygen atoms in total. The van der Waals surface area contributed by atoms with Gasteiger partial charge in [0.1, 0.15) is 10.3 Å². The number of ether oxygens (including phenoxy) is 1. The number of carbonyl (C=O) groups excluding carboxylic acids is 1. The number of amides is 1. The Bertz CT molecular complexity index is 1500. The van der Waals surface area contributed by atoms with E-state index in [1.807, 2.05) is 34.0 Å². The summed E-state index contributed by atoms with van der Waals surface area (Å²) in [5, 5.41) is 5.36. The van der Waals surface area contributed by atoms with Crippen molar-refractivity contribution >= 4 is 33.3 Å². The van der Waals surface area contributed by atoms with Crippen LogP contribution in [0.1, 0.15) is 34.6 Å². The number of fused-ring (bicyclic) bond motifs is 1. The minimum absolute atomic E-state index is 0.0153. The van der Waals surface area contributed by atoms with Crippen molar-refractivity contribution in [1.29, 1.82) is 0 Å². The average Bonchev–Trinajstić information content (AvgIpc) is 3.60. The number of piperazine rings is 1. The zero-order valence-electron chi connectivity index (χ0n) is 22.3. The van der Waals surface area contributed by atoms with E-state index in [0.29, 0.717) is 18.2 Å². The number of nitrogens with zero attached hydrogens (tertiary/aromatic N) is 7. The van der Waals surface area contributed by atoms with Crippen LogP contribution in [0.5, 0.6) is 0 Å². The highest BCUT2D eigenvalue weighted by Gasteiger charge is 2.31. The standard InChI is InChI=1S/C29H33N7O2S/c1-20-4-2-5-21(18-20)23-8-9-36(32-23)25-19-24(34-14-16-38-17-15-34)26-27(30-25)39-28(31-26)29(37)35-12-10-33(11-13-35)22-6-3-7-22/h2,4-5,8-9,18-19,22H,3,6-7,10-17H2,1H3. The molecular weight excluding hydrogens is 510 g/mol. The topological polar surface area (TPSA) is 79.6 Å². The lowest BCUT2D eigenvalue weighted by Crippen LogP contribution is -2.53. The van der Waals surface area contributed by atoms with Gasteiger partial charge in [-0.1, -0.05) is 41.5 Å². The lowest BCUT2D eigenvalue weighted by atomic mass is 9.91. The molecule has 4 aromatic rings. The molecule has 1 aromatic carbocycles. The molecule has 0 radical (unpaired) electrons. The molecule has 0 unspecified atom stereocenters. The van der Waals surface area contributed by atoms with Gasteiger partial charge in [0, 0.05) is 63.1 Å². The zero-order valence-corrected chi connectivity index (χ0v) is 23.1. The number of benzene rings is 1. The highest BCUT2D eigenvalue weighted by molar-refractivity contribution is 7.20. The smallest absolute Gasteiger partial charge is 0.283 e. The van der Waals surface area contributed by atoms with Gasteiger partial charge in [0.2, 0.25) is 0 Å². The maximum absolute atomic E-state index is 13.5. The Kier molecular flexibility index (Phi) is 6.54. The first-order valence-corrected chi connectivity index (χ1v) is 14.7. The second kappa shape index (κ2) is 10.3. The summed E-state index contributed by atoms with van der Waals surface area (Å²) in [5.41, 5.74) is 4.94. The Morgan fingerprint density at radius 2 is 1.82 bits per heavy atom. The Morgan fingerprint density at radius 3 is 2.56 bits per heavy atom. The first-order valence-electron chi connectivity index (χ1n) is 13.9. The van der Waals surface area contributed by atoms with E-state index in [0.717, 1.165) is 78.4 Å². The normalized spacial score (nSPS) is 19.0. The van der Waals surface area contributed by atoms with Crippen molar-refractivity contribution < 1.29 is 9.53 Å². The van der Waals surface area contributed by atoms with Gasteiger partial charge in [-0.25, -0.2) is 14.6 Å². The molecule has 3 aromatic heterocycles. The molecule has 0 atom stereocenters. The van der Waals surface area contributed by atoms with Gasteiger partial charge in [-0.05, 0) is 31.9 Å². The van der Waals surface area contributed by atoms with Crippen molar-refractivity contribution in [3.63, 3.8) is 0 Å². The third-order valence-electron chi connectivity index (χ3n) is 8.20. The number of morpholine rings is 1. The number of hydrogen-bond acceptors (Lipinski definition) is 8. The van der Waals surface area contributed by atoms with Gasteiger partial charge in [0.05, 0.1) is 24.6 Å². The molecule has 1 saturated carbocycles. The molecule has 0 N–H and O–H groups in total. The molecular formula is C29H33N7O2S. The summed E-state index contributed by atoms with van der Waals surface area (Å²) >= 11 is 1.39. The van der Waals surface area contributed by atoms with Gasteiger partial charge in [-0.3, -0.25) is 9.69 Å². The van der Waals surface area contributed by atoms with Gasteiger partial charge in [0.25, 0.3) is 5.91 Å². The van der Waals surface area contributed by atoms with Crippen LogP contribution in [0, 0.1) is 6.92 Å². The van der Waals surface area contributed by atoms with Gasteiger partial charge in [0.15, 0.2) is 10.8 Å². The van der Waals surface area contributed by atoms with Crippen LogP contribution in [0.15, 0.2) is 42.6 Å². The minimum Gasteiger partial charge on any atom is -0.378 e. The van der Waals surface area contributed by atoms with Crippen LogP contribution < -0.4 is 4.90 Å². The Balaban J connectivity index is 1.21. The molecule has 7 rings (SSSR count). The maximum Gasteiger partial charge on any atom is 0.283 e. The first-order chi connectivity index (χ1) is 19.1. The van der Waals surface area contributed by atoms with Crippen LogP contribution in [0.2, 0.25) is 0 Å². The molecule has 1 amide bonds. The number of rotatable bonds is 5. The monoisotopic (exact) mass is 543 g/mol. The molecule has 10 heteroatoms. The number of anilines is 1. The van der Waals surface area contributed by atoms with Gasteiger partial charge in [-0.15, -0.1) is 0 Å². The Labute approximate surface area is 232 Å². The molecule has 2 saturated heterocycles. The quantitative estimate of drug-likeness (QED) is 0.377. The number of thiazole rings is 1. The summed E-state index contributed by atoms with van der Waals surface area (Å²) in [5.74, 6) is 0.737. The lowest BCUT2D eigenvalue weighted by Gasteiger charge is -2.42. The molecule has 2 aliphatic heterocycles. The van der Waals surface area contributed by atoms with Crippen molar-refractivity contribution in [3.8, 4) is 17.1 Å². The van der Waals surface area contributed by atoms with Crippen molar-refractivity contribution in [1.82, 2.24) is 29.5 Å². The fraction of sp³-hybridized carbons (Fsp3) is 0.448. The molecule has 1 aliphatic carbocycles. The van der Waals surface area contributed by atoms with E-state index < -0.39 is 0 Å². The highest BCUT2D eigenvalue weighted by Crippen LogP contribution is 2.33. The van der Waals surface area contributed by atoms with Gasteiger partial charge < -0.3 is 14.5 Å². The number of aryl methyl sites for hydroxylation is 1. The zero-order chi connectivity index (χ0) is 26.3. The Hall–Kier alpha value is -3.34. The molecule has 202 valence electrons. The second-order valence-corrected chi connectivity index (χ2v) is 11.7. The number of pyridine rings is 1. The third kappa shape index (κ3) is 4.81. The number of aromatic nitrogens is 4. The van der Waals surface area contributed by atoms with E-state index in [2.05, 4.69) is 34.9 Å². The van der Waals surface area contributed by atoms with E-state index in [-0.39, 0.29) is 5.91 Å². The van der Waals surface area contributed by atoms with E-state index in [4.69, 9.17) is 19.8 Å². The predicted molar refractivity (Wildman–Crippen MR) is 153 cm³/mol. The Morgan fingerprint density at radius 1 is 1.00 bits per heavy atom. The minimum atomic E-state index is 0.0153. The van der Waals surface area contributed by atoms with Crippen LogP contribution in [0.4, 0.5) is 5.69 Å². The van der Waals surface area contributed by atoms with E-state index in [1.54, 1.807) is 0 Å². The second-order valence-electron chi connectivity index (χ2n) is 10.7. The largest absolute Gasteiger partial charge is 0.378 e. The number of hydrogen-bond donors (Lipinski definition) is 0. The predicted octanol–water partition coefficient (Wildman–Crippen LogP) is 4.00. The molecule has 5 heterocycles. The van der Waals surface area contributed by atoms with Crippen molar-refractivity contribution in [2.24, 2.45) is 0 Å². The van der Waals surface area contributed by atoms with Crippen LogP contribution in [0.25, 0.3) is 27.4 Å². The third-order valence-corrected chi connectivity index (χ3v) is 9.14. The summed E-state index contributed by atoms with van der Waals surface area (Å²) in [6, 6.07) is 13.1. The number of carbonyl (C=O) groups is 1. The van der Waals surface area contributed by atoms with Crippen LogP contribution in [-0.2, 0) is 4.74 Å². The van der Waals surface area contributed by atoms with Crippen molar-refractivity contribution in [2.75, 3.05) is 57.4 Å². The van der Waals surface area contributed by atoms with Crippen molar-refractivity contribution in [3.05, 3.63) is 53.2 Å². The molecule has 0 spiro atoms. The van der Waals surface area contributed by atoms with Gasteiger partial charge >= 0.3 is 0 Å². The van der Waals surface area contributed by atoms with Crippen LogP contribution in [-0.4, -0.2) is 94.0 Å². The van der Waals surface area contributed by atoms with E-state index >= 15 is 0 Å². The summed E-state index contributed by atoms with van der Waals surface area (Å²) in [4.78, 5) is 30.9. The summed E-state index contributed by atoms with van der Waals surface area (Å²) < 4.78 is 7.43. The fourth-order valence-electron chi connectivity index (χ4n) is 5.72. The summed E-state index contributed by atoms with van der Waals surface area (Å²) in [7, 11) is 0. The average molecular weight is 544 g/mol. The lowest BCUT2D eigenvalue weighted by molar-refractivity contribution is 0.0455. The maximum atomic E-state index is 13.5. The SMILES string of the molecule is Cc1cccc(-c2ccn(-c3cc(N4CCOCC4)c4nc(C(=O)N5CCN(C6CCC6)CC5)sc4n3)n2)c1. The molecule has 3 aliphatic rings. The highest BCUT2D eigenvalue weighted by atomic mass is 32.1. The van der Waals surface area contributed by atoms with E-state index in [1.165, 1.54) is 36.2 Å². The van der Waals surface area contributed by atoms with Crippen LogP contribution >= 0.6 is 11.3 Å². The van der Waals surface area contributed by atoms with Gasteiger partial charge in [-0.2, -0.15) is 5.10 Å². The summed E-state index contributed by atoms with van der Waals surface area (Å²) in [6.45, 7) is 8.38. The molecule has 39 heavy (non-hydrogen) atoms. The van der Waals surface area contributed by atoms with Crippen molar-refractivity contribution in [2.45, 2.75) is 32.2 Å².